The van der Waals surface area contributed by atoms with E-state index in [1.165, 1.54) is 13.8 Å². The van der Waals surface area contributed by atoms with Crippen molar-refractivity contribution in [2.45, 2.75) is 26.3 Å². The fraction of sp³-hybridized carbons (Fsp3) is 0.667. The molecule has 8 nitrogen and oxygen atoms in total. The molecule has 2 amide bonds. The second-order valence-electron chi connectivity index (χ2n) is 4.71. The van der Waals surface area contributed by atoms with Gasteiger partial charge in [-0.3, -0.25) is 14.4 Å². The first-order chi connectivity index (χ1) is 9.32. The highest BCUT2D eigenvalue weighted by Crippen LogP contribution is 2.17. The molecule has 1 heterocycles. The second-order valence-corrected chi connectivity index (χ2v) is 4.71. The lowest BCUT2D eigenvalue weighted by Gasteiger charge is -2.21. The molecule has 3 atom stereocenters. The van der Waals surface area contributed by atoms with Gasteiger partial charge in [0.05, 0.1) is 12.5 Å². The first-order valence-corrected chi connectivity index (χ1v) is 6.27. The van der Waals surface area contributed by atoms with E-state index in [0.717, 1.165) is 0 Å². The molecular formula is C12H18N2O6. The average Bonchev–Trinajstić information content (AvgIpc) is 2.38. The Balaban J connectivity index is 2.92. The Hall–Kier alpha value is -2.12. The van der Waals surface area contributed by atoms with E-state index in [1.807, 2.05) is 0 Å². The van der Waals surface area contributed by atoms with Crippen LogP contribution in [-0.2, 0) is 19.1 Å². The lowest BCUT2D eigenvalue weighted by Crippen LogP contribution is -2.49. The number of nitrogens with one attached hydrogen (secondary N) is 2. The van der Waals surface area contributed by atoms with E-state index in [4.69, 9.17) is 9.84 Å². The Morgan fingerprint density at radius 3 is 2.55 bits per heavy atom. The van der Waals surface area contributed by atoms with E-state index in [9.17, 15) is 19.2 Å². The van der Waals surface area contributed by atoms with Gasteiger partial charge in [0.1, 0.15) is 6.04 Å². The predicted molar refractivity (Wildman–Crippen MR) is 66.9 cm³/mol. The van der Waals surface area contributed by atoms with Crippen LogP contribution in [0.15, 0.2) is 0 Å². The van der Waals surface area contributed by atoms with Crippen molar-refractivity contribution < 1.29 is 29.0 Å². The van der Waals surface area contributed by atoms with Crippen molar-refractivity contribution in [3.8, 4) is 0 Å². The van der Waals surface area contributed by atoms with Gasteiger partial charge in [-0.2, -0.15) is 0 Å². The summed E-state index contributed by atoms with van der Waals surface area (Å²) in [5, 5.41) is 13.9. The average molecular weight is 286 g/mol. The van der Waals surface area contributed by atoms with Gasteiger partial charge in [-0.15, -0.1) is 0 Å². The highest BCUT2D eigenvalue weighted by molar-refractivity contribution is 5.90. The minimum Gasteiger partial charge on any atom is -0.481 e. The third-order valence-corrected chi connectivity index (χ3v) is 3.25. The summed E-state index contributed by atoms with van der Waals surface area (Å²) in [6, 6.07) is -0.898. The van der Waals surface area contributed by atoms with Gasteiger partial charge in [-0.1, -0.05) is 6.92 Å². The van der Waals surface area contributed by atoms with Gasteiger partial charge in [-0.05, 0) is 13.3 Å². The van der Waals surface area contributed by atoms with E-state index in [-0.39, 0.29) is 25.4 Å². The second kappa shape index (κ2) is 6.88. The summed E-state index contributed by atoms with van der Waals surface area (Å²) >= 11 is 0. The summed E-state index contributed by atoms with van der Waals surface area (Å²) < 4.78 is 4.80. The van der Waals surface area contributed by atoms with Crippen LogP contribution in [-0.4, -0.2) is 48.1 Å². The van der Waals surface area contributed by atoms with Crippen molar-refractivity contribution in [1.29, 1.82) is 0 Å². The first-order valence-electron chi connectivity index (χ1n) is 6.27. The molecule has 0 aromatic heterocycles. The first kappa shape index (κ1) is 15.9. The predicted octanol–water partition coefficient (Wildman–Crippen LogP) is -0.473. The minimum absolute atomic E-state index is 0.0298. The molecule has 0 saturated carbocycles. The normalized spacial score (nSPS) is 28.4. The number of hydrogen-bond acceptors (Lipinski definition) is 5. The molecule has 0 radical (unpaired) electrons. The number of carboxylic acid groups (broad SMARTS) is 1. The SMILES string of the molecule is CC(=O)[C@@H]1CNC(=O)OCC[C@H](C(=O)O)[C@@H](C)C(=O)N1. The number of hydrogen-bond donors (Lipinski definition) is 3. The number of ether oxygens (including phenoxy) is 1. The summed E-state index contributed by atoms with van der Waals surface area (Å²) in [6.07, 6.45) is -0.716. The molecule has 1 aliphatic heterocycles. The fourth-order valence-electron chi connectivity index (χ4n) is 1.88. The Morgan fingerprint density at radius 2 is 2.00 bits per heavy atom. The smallest absolute Gasteiger partial charge is 0.407 e. The summed E-state index contributed by atoms with van der Waals surface area (Å²) in [5.41, 5.74) is 0. The molecule has 1 saturated heterocycles. The quantitative estimate of drug-likeness (QED) is 0.630. The largest absolute Gasteiger partial charge is 0.481 e. The number of aliphatic carboxylic acids is 1. The summed E-state index contributed by atoms with van der Waals surface area (Å²) in [7, 11) is 0. The van der Waals surface area contributed by atoms with E-state index in [0.29, 0.717) is 0 Å². The van der Waals surface area contributed by atoms with Gasteiger partial charge < -0.3 is 20.5 Å². The summed E-state index contributed by atoms with van der Waals surface area (Å²) in [5.74, 6) is -3.82. The van der Waals surface area contributed by atoms with E-state index in [2.05, 4.69) is 10.6 Å². The molecule has 1 aliphatic rings. The van der Waals surface area contributed by atoms with Crippen molar-refractivity contribution in [1.82, 2.24) is 10.6 Å². The number of amides is 2. The molecule has 0 aliphatic carbocycles. The zero-order valence-corrected chi connectivity index (χ0v) is 11.3. The topological polar surface area (TPSA) is 122 Å². The number of carbonyl (C=O) groups is 4. The Morgan fingerprint density at radius 1 is 1.35 bits per heavy atom. The van der Waals surface area contributed by atoms with Crippen LogP contribution in [0.3, 0.4) is 0 Å². The Bertz CT molecular complexity index is 422. The maximum absolute atomic E-state index is 12.0. The Kier molecular flexibility index (Phi) is 5.48. The van der Waals surface area contributed by atoms with Crippen LogP contribution in [0.1, 0.15) is 20.3 Å². The van der Waals surface area contributed by atoms with E-state index >= 15 is 0 Å². The molecule has 0 aromatic carbocycles. The van der Waals surface area contributed by atoms with Crippen molar-refractivity contribution in [3.63, 3.8) is 0 Å². The standard InChI is InChI=1S/C12H18N2O6/c1-6-8(11(17)18)3-4-20-12(19)13-5-9(7(2)15)14-10(6)16/h6,8-9H,3-5H2,1-2H3,(H,13,19)(H,14,16)(H,17,18)/t6-,8+,9+/m1/s1. The number of alkyl carbamates (subject to hydrolysis) is 1. The van der Waals surface area contributed by atoms with Crippen LogP contribution in [0, 0.1) is 11.8 Å². The van der Waals surface area contributed by atoms with Crippen LogP contribution in [0.5, 0.6) is 0 Å². The molecule has 8 heteroatoms. The Labute approximate surface area is 115 Å². The number of carboxylic acids is 1. The highest BCUT2D eigenvalue weighted by atomic mass is 16.5. The van der Waals surface area contributed by atoms with Gasteiger partial charge in [0.25, 0.3) is 0 Å². The van der Waals surface area contributed by atoms with Crippen molar-refractivity contribution in [2.75, 3.05) is 13.2 Å². The lowest BCUT2D eigenvalue weighted by molar-refractivity contribution is -0.147. The van der Waals surface area contributed by atoms with Crippen LogP contribution in [0.4, 0.5) is 4.79 Å². The number of carbonyl (C=O) groups excluding carboxylic acids is 3. The number of Topliss-reactive ketones (excluding diaryl/α,β-unsaturated/α-hetero) is 1. The molecule has 0 aromatic rings. The number of cyclic esters (lactones) is 1. The minimum atomic E-state index is -1.14. The molecule has 112 valence electrons. The van der Waals surface area contributed by atoms with Crippen LogP contribution < -0.4 is 10.6 Å². The van der Waals surface area contributed by atoms with Crippen molar-refractivity contribution in [3.05, 3.63) is 0 Å². The molecule has 0 spiro atoms. The summed E-state index contributed by atoms with van der Waals surface area (Å²) in [6.45, 7) is 2.55. The van der Waals surface area contributed by atoms with Gasteiger partial charge >= 0.3 is 12.1 Å². The van der Waals surface area contributed by atoms with Gasteiger partial charge in [-0.25, -0.2) is 4.79 Å². The molecular weight excluding hydrogens is 268 g/mol. The summed E-state index contributed by atoms with van der Waals surface area (Å²) in [4.78, 5) is 45.8. The fourth-order valence-corrected chi connectivity index (χ4v) is 1.88. The third-order valence-electron chi connectivity index (χ3n) is 3.25. The van der Waals surface area contributed by atoms with Gasteiger partial charge in [0.2, 0.25) is 5.91 Å². The number of rotatable bonds is 2. The van der Waals surface area contributed by atoms with Gasteiger partial charge in [0.15, 0.2) is 5.78 Å². The maximum atomic E-state index is 12.0. The maximum Gasteiger partial charge on any atom is 0.407 e. The van der Waals surface area contributed by atoms with Crippen molar-refractivity contribution in [2.24, 2.45) is 11.8 Å². The van der Waals surface area contributed by atoms with E-state index in [1.54, 1.807) is 0 Å². The van der Waals surface area contributed by atoms with Crippen LogP contribution in [0.2, 0.25) is 0 Å². The molecule has 1 rings (SSSR count). The van der Waals surface area contributed by atoms with Gasteiger partial charge in [0, 0.05) is 12.5 Å². The zero-order valence-electron chi connectivity index (χ0n) is 11.3. The highest BCUT2D eigenvalue weighted by Gasteiger charge is 2.32. The molecule has 3 N–H and O–H groups in total. The third kappa shape index (κ3) is 4.22. The van der Waals surface area contributed by atoms with E-state index < -0.39 is 35.8 Å². The van der Waals surface area contributed by atoms with Crippen molar-refractivity contribution >= 4 is 23.8 Å². The number of ketones is 1. The monoisotopic (exact) mass is 286 g/mol. The molecule has 20 heavy (non-hydrogen) atoms. The molecule has 1 fully saturated rings. The zero-order chi connectivity index (χ0) is 15.3. The van der Waals surface area contributed by atoms with Crippen LogP contribution in [0.25, 0.3) is 0 Å². The lowest BCUT2D eigenvalue weighted by atomic mass is 9.90. The molecule has 0 unspecified atom stereocenters. The van der Waals surface area contributed by atoms with Crippen LogP contribution >= 0.6 is 0 Å². The molecule has 0 bridgehead atoms.